The number of hydrogen-bond donors (Lipinski definition) is 2. The molecular weight excluding hydrogens is 513 g/mol. The van der Waals surface area contributed by atoms with Gasteiger partial charge in [0, 0.05) is 39.8 Å². The van der Waals surface area contributed by atoms with Crippen molar-refractivity contribution in [2.24, 2.45) is 4.99 Å². The summed E-state index contributed by atoms with van der Waals surface area (Å²) in [6.07, 6.45) is 3.98. The van der Waals surface area contributed by atoms with Gasteiger partial charge in [0.05, 0.1) is 5.75 Å². The van der Waals surface area contributed by atoms with Gasteiger partial charge in [-0.1, -0.05) is 44.5 Å². The number of hydrogen-bond acceptors (Lipinski definition) is 4. The molecule has 0 amide bonds. The van der Waals surface area contributed by atoms with E-state index in [1.807, 2.05) is 13.8 Å². The topological polar surface area (TPSA) is 77.0 Å². The molecule has 0 bridgehead atoms. The largest absolute Gasteiger partial charge is 0.355 e. The highest BCUT2D eigenvalue weighted by Crippen LogP contribution is 2.13. The fourth-order valence-electron chi connectivity index (χ4n) is 3.59. The zero-order chi connectivity index (χ0) is 21.1. The first kappa shape index (κ1) is 27.1. The Morgan fingerprint density at radius 1 is 1.03 bits per heavy atom. The van der Waals surface area contributed by atoms with E-state index >= 15 is 0 Å². The molecule has 0 radical (unpaired) electrons. The first-order valence-electron chi connectivity index (χ1n) is 10.7. The number of guanidine groups is 1. The maximum Gasteiger partial charge on any atom is 0.215 e. The summed E-state index contributed by atoms with van der Waals surface area (Å²) in [6.45, 7) is 9.11. The van der Waals surface area contributed by atoms with Crippen LogP contribution in [-0.2, 0) is 23.1 Å². The minimum absolute atomic E-state index is 0. The van der Waals surface area contributed by atoms with Crippen LogP contribution in [0.3, 0.4) is 0 Å². The molecule has 1 heterocycles. The van der Waals surface area contributed by atoms with E-state index in [0.29, 0.717) is 32.1 Å². The molecule has 2 rings (SSSR count). The molecule has 1 saturated heterocycles. The fraction of sp³-hybridized carbons (Fsp3) is 0.667. The van der Waals surface area contributed by atoms with Crippen LogP contribution in [0.15, 0.2) is 29.3 Å². The lowest BCUT2D eigenvalue weighted by Crippen LogP contribution is -2.41. The van der Waals surface area contributed by atoms with Crippen LogP contribution in [0.2, 0.25) is 0 Å². The van der Waals surface area contributed by atoms with Crippen molar-refractivity contribution in [3.05, 3.63) is 35.4 Å². The Hall–Kier alpha value is -0.910. The zero-order valence-electron chi connectivity index (χ0n) is 18.6. The number of nitrogens with one attached hydrogen (secondary N) is 2. The standard InChI is InChI=1S/C21H37N5O2S.HI/c1-4-26(5-2)29(27,28)16-13-23-21(22-3)24-17-19-9-11-20(12-10-19)18-25-14-7-6-8-15-25;/h9-12H,4-8,13-18H2,1-3H3,(H2,22,23,24);1H. The summed E-state index contributed by atoms with van der Waals surface area (Å²) < 4.78 is 26.0. The van der Waals surface area contributed by atoms with E-state index in [1.165, 1.54) is 47.8 Å². The molecule has 0 saturated carbocycles. The molecule has 172 valence electrons. The maximum atomic E-state index is 12.2. The number of sulfonamides is 1. The zero-order valence-corrected chi connectivity index (χ0v) is 21.7. The van der Waals surface area contributed by atoms with Crippen LogP contribution in [0.4, 0.5) is 0 Å². The summed E-state index contributed by atoms with van der Waals surface area (Å²) in [7, 11) is -1.54. The Morgan fingerprint density at radius 2 is 1.63 bits per heavy atom. The third kappa shape index (κ3) is 9.07. The molecule has 30 heavy (non-hydrogen) atoms. The molecular formula is C21H38IN5O2S. The van der Waals surface area contributed by atoms with Gasteiger partial charge in [-0.15, -0.1) is 24.0 Å². The van der Waals surface area contributed by atoms with E-state index in [2.05, 4.69) is 44.8 Å². The van der Waals surface area contributed by atoms with Gasteiger partial charge in [-0.2, -0.15) is 0 Å². The highest BCUT2D eigenvalue weighted by molar-refractivity contribution is 14.0. The molecule has 9 heteroatoms. The minimum atomic E-state index is -3.23. The van der Waals surface area contributed by atoms with Crippen LogP contribution >= 0.6 is 24.0 Å². The smallest absolute Gasteiger partial charge is 0.215 e. The molecule has 0 spiro atoms. The molecule has 2 N–H and O–H groups in total. The van der Waals surface area contributed by atoms with Gasteiger partial charge < -0.3 is 10.6 Å². The third-order valence-electron chi connectivity index (χ3n) is 5.31. The van der Waals surface area contributed by atoms with Gasteiger partial charge in [0.2, 0.25) is 10.0 Å². The summed E-state index contributed by atoms with van der Waals surface area (Å²) in [5.74, 6) is 0.665. The summed E-state index contributed by atoms with van der Waals surface area (Å²) >= 11 is 0. The van der Waals surface area contributed by atoms with Crippen molar-refractivity contribution in [3.8, 4) is 0 Å². The van der Waals surface area contributed by atoms with Gasteiger partial charge in [0.15, 0.2) is 5.96 Å². The molecule has 0 aliphatic carbocycles. The molecule has 1 fully saturated rings. The lowest BCUT2D eigenvalue weighted by molar-refractivity contribution is 0.221. The number of benzene rings is 1. The average Bonchev–Trinajstić information content (AvgIpc) is 2.73. The number of nitrogens with zero attached hydrogens (tertiary/aromatic N) is 3. The highest BCUT2D eigenvalue weighted by atomic mass is 127. The van der Waals surface area contributed by atoms with Crippen molar-refractivity contribution in [3.63, 3.8) is 0 Å². The summed E-state index contributed by atoms with van der Waals surface area (Å²) in [4.78, 5) is 6.70. The number of piperidine rings is 1. The van der Waals surface area contributed by atoms with Crippen LogP contribution in [0, 0.1) is 0 Å². The van der Waals surface area contributed by atoms with Crippen LogP contribution in [-0.4, -0.2) is 69.1 Å². The lowest BCUT2D eigenvalue weighted by Gasteiger charge is -2.26. The third-order valence-corrected chi connectivity index (χ3v) is 7.34. The average molecular weight is 552 g/mol. The first-order chi connectivity index (χ1) is 14.0. The molecule has 0 atom stereocenters. The van der Waals surface area contributed by atoms with Crippen molar-refractivity contribution < 1.29 is 8.42 Å². The normalized spacial score (nSPS) is 15.7. The van der Waals surface area contributed by atoms with Crippen molar-refractivity contribution in [2.75, 3.05) is 45.5 Å². The van der Waals surface area contributed by atoms with Gasteiger partial charge in [0.1, 0.15) is 0 Å². The monoisotopic (exact) mass is 551 g/mol. The van der Waals surface area contributed by atoms with E-state index < -0.39 is 10.0 Å². The van der Waals surface area contributed by atoms with E-state index in [4.69, 9.17) is 0 Å². The Balaban J connectivity index is 0.00000450. The SMILES string of the molecule is CCN(CC)S(=O)(=O)CCNC(=NC)NCc1ccc(CN2CCCCC2)cc1.I. The summed E-state index contributed by atoms with van der Waals surface area (Å²) in [5.41, 5.74) is 2.52. The number of likely N-dealkylation sites (tertiary alicyclic amines) is 1. The van der Waals surface area contributed by atoms with Crippen molar-refractivity contribution >= 4 is 40.0 Å². The molecule has 7 nitrogen and oxygen atoms in total. The maximum absolute atomic E-state index is 12.2. The van der Waals surface area contributed by atoms with Crippen molar-refractivity contribution in [2.45, 2.75) is 46.2 Å². The molecule has 1 aliphatic heterocycles. The Kier molecular flexibility index (Phi) is 12.8. The van der Waals surface area contributed by atoms with E-state index in [1.54, 1.807) is 7.05 Å². The van der Waals surface area contributed by atoms with Crippen LogP contribution < -0.4 is 10.6 Å². The fourth-order valence-corrected chi connectivity index (χ4v) is 4.99. The summed E-state index contributed by atoms with van der Waals surface area (Å²) in [6, 6.07) is 8.67. The Labute approximate surface area is 199 Å². The van der Waals surface area contributed by atoms with E-state index in [9.17, 15) is 8.42 Å². The number of halogens is 1. The van der Waals surface area contributed by atoms with E-state index in [-0.39, 0.29) is 29.7 Å². The van der Waals surface area contributed by atoms with Crippen LogP contribution in [0.25, 0.3) is 0 Å². The second kappa shape index (κ2) is 14.2. The first-order valence-corrected chi connectivity index (χ1v) is 12.3. The number of aliphatic imine (C=N–C) groups is 1. The molecule has 1 aliphatic rings. The van der Waals surface area contributed by atoms with Crippen LogP contribution in [0.5, 0.6) is 0 Å². The van der Waals surface area contributed by atoms with Gasteiger partial charge in [0.25, 0.3) is 0 Å². The Morgan fingerprint density at radius 3 is 2.20 bits per heavy atom. The molecule has 1 aromatic rings. The molecule has 0 aromatic heterocycles. The number of rotatable bonds is 10. The van der Waals surface area contributed by atoms with Crippen molar-refractivity contribution in [1.29, 1.82) is 0 Å². The van der Waals surface area contributed by atoms with Gasteiger partial charge in [-0.3, -0.25) is 9.89 Å². The van der Waals surface area contributed by atoms with E-state index in [0.717, 1.165) is 6.54 Å². The summed E-state index contributed by atoms with van der Waals surface area (Å²) in [5, 5.41) is 6.34. The van der Waals surface area contributed by atoms with Gasteiger partial charge >= 0.3 is 0 Å². The molecule has 1 aromatic carbocycles. The Bertz CT molecular complexity index is 730. The van der Waals surface area contributed by atoms with Crippen molar-refractivity contribution in [1.82, 2.24) is 19.8 Å². The van der Waals surface area contributed by atoms with Gasteiger partial charge in [-0.05, 0) is 37.1 Å². The lowest BCUT2D eigenvalue weighted by atomic mass is 10.1. The predicted octanol–water partition coefficient (Wildman–Crippen LogP) is 2.63. The second-order valence-corrected chi connectivity index (χ2v) is 9.49. The predicted molar refractivity (Wildman–Crippen MR) is 136 cm³/mol. The highest BCUT2D eigenvalue weighted by Gasteiger charge is 2.18. The quantitative estimate of drug-likeness (QED) is 0.266. The van der Waals surface area contributed by atoms with Crippen LogP contribution in [0.1, 0.15) is 44.2 Å². The van der Waals surface area contributed by atoms with Gasteiger partial charge in [-0.25, -0.2) is 12.7 Å². The second-order valence-electron chi connectivity index (χ2n) is 7.41. The minimum Gasteiger partial charge on any atom is -0.355 e. The molecule has 0 unspecified atom stereocenters.